The van der Waals surface area contributed by atoms with Gasteiger partial charge in [-0.05, 0) is 50.5 Å². The summed E-state index contributed by atoms with van der Waals surface area (Å²) in [5, 5.41) is 8.44. The molecule has 3 heterocycles. The summed E-state index contributed by atoms with van der Waals surface area (Å²) in [5.74, 6) is 0.589. The maximum atomic E-state index is 13.2. The number of nitrogens with one attached hydrogen (secondary N) is 1. The van der Waals surface area contributed by atoms with Gasteiger partial charge in [0.1, 0.15) is 5.39 Å². The SMILES string of the molecule is CCOCCCNC(=O)CC1CSc2nc3c(cnn3-c3ccc(C)c(C)c3)c(=O)n21. The van der Waals surface area contributed by atoms with Gasteiger partial charge < -0.3 is 10.1 Å². The lowest BCUT2D eigenvalue weighted by Crippen LogP contribution is -2.31. The van der Waals surface area contributed by atoms with Crippen LogP contribution in [0.5, 0.6) is 0 Å². The highest BCUT2D eigenvalue weighted by Gasteiger charge is 2.29. The average molecular weight is 442 g/mol. The van der Waals surface area contributed by atoms with Crippen molar-refractivity contribution in [1.82, 2.24) is 24.6 Å². The number of hydrogen-bond acceptors (Lipinski definition) is 6. The van der Waals surface area contributed by atoms with Crippen LogP contribution in [0.3, 0.4) is 0 Å². The first-order chi connectivity index (χ1) is 15.0. The molecule has 31 heavy (non-hydrogen) atoms. The Morgan fingerprint density at radius 1 is 1.32 bits per heavy atom. The maximum absolute atomic E-state index is 13.2. The number of nitrogens with zero attached hydrogens (tertiary/aromatic N) is 4. The van der Waals surface area contributed by atoms with Crippen LogP contribution in [0.25, 0.3) is 16.7 Å². The third kappa shape index (κ3) is 4.38. The van der Waals surface area contributed by atoms with Crippen LogP contribution in [-0.4, -0.2) is 50.8 Å². The van der Waals surface area contributed by atoms with Crippen LogP contribution in [0.2, 0.25) is 0 Å². The molecule has 0 fully saturated rings. The van der Waals surface area contributed by atoms with Crippen LogP contribution in [0.1, 0.15) is 36.9 Å². The quantitative estimate of drug-likeness (QED) is 0.427. The van der Waals surface area contributed by atoms with Gasteiger partial charge in [-0.1, -0.05) is 17.8 Å². The third-order valence-corrected chi connectivity index (χ3v) is 6.62. The van der Waals surface area contributed by atoms with E-state index < -0.39 is 0 Å². The largest absolute Gasteiger partial charge is 0.382 e. The molecule has 3 aromatic rings. The van der Waals surface area contributed by atoms with E-state index in [1.54, 1.807) is 15.4 Å². The molecule has 0 spiro atoms. The molecule has 2 aromatic heterocycles. The van der Waals surface area contributed by atoms with Gasteiger partial charge in [0.2, 0.25) is 5.91 Å². The van der Waals surface area contributed by atoms with E-state index in [1.807, 2.05) is 32.0 Å². The van der Waals surface area contributed by atoms with Crippen molar-refractivity contribution < 1.29 is 9.53 Å². The Bertz CT molecular complexity index is 1170. The van der Waals surface area contributed by atoms with Crippen molar-refractivity contribution in [2.24, 2.45) is 0 Å². The van der Waals surface area contributed by atoms with E-state index in [4.69, 9.17) is 9.72 Å². The molecule has 1 unspecified atom stereocenters. The van der Waals surface area contributed by atoms with Gasteiger partial charge in [0.05, 0.1) is 17.9 Å². The fourth-order valence-electron chi connectivity index (χ4n) is 3.66. The fourth-order valence-corrected chi connectivity index (χ4v) is 4.79. The van der Waals surface area contributed by atoms with Crippen molar-refractivity contribution in [1.29, 1.82) is 0 Å². The number of aromatic nitrogens is 4. The van der Waals surface area contributed by atoms with E-state index in [9.17, 15) is 9.59 Å². The monoisotopic (exact) mass is 441 g/mol. The van der Waals surface area contributed by atoms with Crippen LogP contribution in [0.15, 0.2) is 34.3 Å². The van der Waals surface area contributed by atoms with Crippen molar-refractivity contribution in [2.75, 3.05) is 25.5 Å². The van der Waals surface area contributed by atoms with Crippen LogP contribution in [0, 0.1) is 13.8 Å². The van der Waals surface area contributed by atoms with E-state index in [0.717, 1.165) is 17.7 Å². The van der Waals surface area contributed by atoms with Gasteiger partial charge in [0.25, 0.3) is 5.56 Å². The standard InChI is InChI=1S/C22H27N5O3S/c1-4-30-9-5-8-23-19(28)11-17-13-31-22-25-20-18(21(29)26(17)22)12-24-27(20)16-7-6-14(2)15(3)10-16/h6-7,10,12,17H,4-5,8-9,11,13H2,1-3H3,(H,23,28). The Balaban J connectivity index is 1.55. The molecule has 4 rings (SSSR count). The van der Waals surface area contributed by atoms with Crippen molar-refractivity contribution in [2.45, 2.75) is 44.8 Å². The molecule has 1 N–H and O–H groups in total. The van der Waals surface area contributed by atoms with Crippen LogP contribution < -0.4 is 10.9 Å². The summed E-state index contributed by atoms with van der Waals surface area (Å²) < 4.78 is 8.65. The molecule has 1 aliphatic heterocycles. The predicted octanol–water partition coefficient (Wildman–Crippen LogP) is 2.78. The normalized spacial score (nSPS) is 15.4. The highest BCUT2D eigenvalue weighted by Crippen LogP contribution is 2.33. The Kier molecular flexibility index (Phi) is 6.43. The summed E-state index contributed by atoms with van der Waals surface area (Å²) in [7, 11) is 0. The second-order valence-electron chi connectivity index (χ2n) is 7.70. The zero-order chi connectivity index (χ0) is 22.0. The summed E-state index contributed by atoms with van der Waals surface area (Å²) >= 11 is 1.51. The molecule has 0 bridgehead atoms. The van der Waals surface area contributed by atoms with Crippen molar-refractivity contribution in [3.8, 4) is 5.69 Å². The minimum Gasteiger partial charge on any atom is -0.382 e. The highest BCUT2D eigenvalue weighted by molar-refractivity contribution is 7.99. The van der Waals surface area contributed by atoms with E-state index in [2.05, 4.69) is 17.3 Å². The van der Waals surface area contributed by atoms with E-state index in [1.165, 1.54) is 17.3 Å². The van der Waals surface area contributed by atoms with E-state index >= 15 is 0 Å². The van der Waals surface area contributed by atoms with Crippen molar-refractivity contribution in [3.63, 3.8) is 0 Å². The summed E-state index contributed by atoms with van der Waals surface area (Å²) in [6.07, 6.45) is 2.60. The van der Waals surface area contributed by atoms with Crippen LogP contribution in [-0.2, 0) is 9.53 Å². The van der Waals surface area contributed by atoms with Crippen LogP contribution >= 0.6 is 11.8 Å². The number of amides is 1. The molecule has 1 aromatic carbocycles. The van der Waals surface area contributed by atoms with Gasteiger partial charge >= 0.3 is 0 Å². The Labute approximate surface area is 185 Å². The van der Waals surface area contributed by atoms with Gasteiger partial charge in [-0.3, -0.25) is 14.2 Å². The Morgan fingerprint density at radius 2 is 2.16 bits per heavy atom. The van der Waals surface area contributed by atoms with E-state index in [-0.39, 0.29) is 23.9 Å². The molecule has 0 radical (unpaired) electrons. The lowest BCUT2D eigenvalue weighted by Gasteiger charge is -2.13. The molecule has 1 amide bonds. The molecule has 8 nitrogen and oxygen atoms in total. The molecular weight excluding hydrogens is 414 g/mol. The third-order valence-electron chi connectivity index (χ3n) is 5.52. The molecular formula is C22H27N5O3S. The summed E-state index contributed by atoms with van der Waals surface area (Å²) in [6, 6.07) is 5.85. The summed E-state index contributed by atoms with van der Waals surface area (Å²) in [4.78, 5) is 30.3. The van der Waals surface area contributed by atoms with Gasteiger partial charge in [0.15, 0.2) is 10.8 Å². The summed E-state index contributed by atoms with van der Waals surface area (Å²) in [5.41, 5.74) is 3.63. The number of thioether (sulfide) groups is 1. The van der Waals surface area contributed by atoms with Gasteiger partial charge in [0, 0.05) is 31.9 Å². The first kappa shape index (κ1) is 21.6. The molecule has 0 saturated carbocycles. The Hall–Kier alpha value is -2.65. The topological polar surface area (TPSA) is 91.0 Å². The lowest BCUT2D eigenvalue weighted by atomic mass is 10.1. The first-order valence-electron chi connectivity index (χ1n) is 10.5. The minimum atomic E-state index is -0.207. The smallest absolute Gasteiger partial charge is 0.265 e. The highest BCUT2D eigenvalue weighted by atomic mass is 32.2. The molecule has 1 atom stereocenters. The zero-order valence-corrected chi connectivity index (χ0v) is 18.9. The first-order valence-corrected chi connectivity index (χ1v) is 11.5. The Morgan fingerprint density at radius 3 is 2.94 bits per heavy atom. The number of aryl methyl sites for hydroxylation is 2. The van der Waals surface area contributed by atoms with Crippen molar-refractivity contribution >= 4 is 28.7 Å². The molecule has 0 saturated heterocycles. The van der Waals surface area contributed by atoms with Crippen molar-refractivity contribution in [3.05, 3.63) is 45.9 Å². The molecule has 9 heteroatoms. The molecule has 164 valence electrons. The lowest BCUT2D eigenvalue weighted by molar-refractivity contribution is -0.121. The van der Waals surface area contributed by atoms with E-state index in [0.29, 0.717) is 41.7 Å². The summed E-state index contributed by atoms with van der Waals surface area (Å²) in [6.45, 7) is 7.93. The average Bonchev–Trinajstić information content (AvgIpc) is 3.35. The number of fused-ring (bicyclic) bond motifs is 2. The van der Waals surface area contributed by atoms with Crippen LogP contribution in [0.4, 0.5) is 0 Å². The second kappa shape index (κ2) is 9.23. The number of carbonyl (C=O) groups is 1. The van der Waals surface area contributed by atoms with Gasteiger partial charge in [-0.25, -0.2) is 9.67 Å². The predicted molar refractivity (Wildman–Crippen MR) is 121 cm³/mol. The minimum absolute atomic E-state index is 0.0622. The fraction of sp³-hybridized carbons (Fsp3) is 0.455. The van der Waals surface area contributed by atoms with Gasteiger partial charge in [-0.15, -0.1) is 0 Å². The number of benzene rings is 1. The maximum Gasteiger partial charge on any atom is 0.265 e. The molecule has 0 aliphatic carbocycles. The number of ether oxygens (including phenoxy) is 1. The number of hydrogen-bond donors (Lipinski definition) is 1. The zero-order valence-electron chi connectivity index (χ0n) is 18.1. The second-order valence-corrected chi connectivity index (χ2v) is 8.69. The number of rotatable bonds is 8. The number of carbonyl (C=O) groups excluding carboxylic acids is 1. The molecule has 1 aliphatic rings. The van der Waals surface area contributed by atoms with Gasteiger partial charge in [-0.2, -0.15) is 5.10 Å².